The second-order valence-electron chi connectivity index (χ2n) is 9.21. The van der Waals surface area contributed by atoms with E-state index in [0.717, 1.165) is 39.1 Å². The van der Waals surface area contributed by atoms with Crippen LogP contribution in [0, 0.1) is 5.82 Å². The fourth-order valence-corrected chi connectivity index (χ4v) is 5.27. The van der Waals surface area contributed by atoms with Crippen molar-refractivity contribution in [3.63, 3.8) is 0 Å². The quantitative estimate of drug-likeness (QED) is 0.330. The molecular formula is C28H23FN4O2. The Bertz CT molecular complexity index is 1620. The number of carboxylic acid groups (broad SMARTS) is 1. The average molecular weight is 467 g/mol. The van der Waals surface area contributed by atoms with Crippen LogP contribution in [-0.2, 0) is 6.42 Å². The molecule has 0 spiro atoms. The number of H-pyrrole nitrogens is 2. The van der Waals surface area contributed by atoms with Gasteiger partial charge in [-0.1, -0.05) is 19.9 Å². The highest BCUT2D eigenvalue weighted by molar-refractivity contribution is 6.14. The Hall–Kier alpha value is -4.26. The van der Waals surface area contributed by atoms with Crippen molar-refractivity contribution in [2.75, 3.05) is 6.54 Å². The molecule has 0 atom stereocenters. The molecule has 4 aromatic rings. The highest BCUT2D eigenvalue weighted by Crippen LogP contribution is 2.44. The normalized spacial score (nSPS) is 14.6. The number of pyridine rings is 1. The number of carbonyl (C=O) groups is 1. The first-order chi connectivity index (χ1) is 16.9. The summed E-state index contributed by atoms with van der Waals surface area (Å²) in [6.45, 7) is 4.72. The summed E-state index contributed by atoms with van der Waals surface area (Å²) in [5, 5.41) is 11.0. The summed E-state index contributed by atoms with van der Waals surface area (Å²) in [6, 6.07) is 6.65. The average Bonchev–Trinajstić information content (AvgIpc) is 3.62. The van der Waals surface area contributed by atoms with Crippen LogP contribution in [-0.4, -0.2) is 38.3 Å². The van der Waals surface area contributed by atoms with E-state index in [4.69, 9.17) is 0 Å². The van der Waals surface area contributed by atoms with Gasteiger partial charge in [-0.3, -0.25) is 9.98 Å². The minimum Gasteiger partial charge on any atom is -0.477 e. The van der Waals surface area contributed by atoms with E-state index in [0.29, 0.717) is 35.3 Å². The van der Waals surface area contributed by atoms with Gasteiger partial charge in [0.05, 0.1) is 23.6 Å². The lowest BCUT2D eigenvalue weighted by molar-refractivity contribution is 0.0692. The Kier molecular flexibility index (Phi) is 4.81. The number of aliphatic imine (C=N–C) groups is 1. The van der Waals surface area contributed by atoms with Crippen LogP contribution in [0.4, 0.5) is 4.39 Å². The molecule has 1 aliphatic heterocycles. The topological polar surface area (TPSA) is 94.1 Å². The molecule has 1 aromatic carbocycles. The van der Waals surface area contributed by atoms with Gasteiger partial charge in [0.25, 0.3) is 0 Å². The van der Waals surface area contributed by atoms with Crippen LogP contribution >= 0.6 is 0 Å². The molecule has 174 valence electrons. The van der Waals surface area contributed by atoms with Gasteiger partial charge in [0.1, 0.15) is 11.5 Å². The number of rotatable bonds is 5. The van der Waals surface area contributed by atoms with E-state index >= 15 is 0 Å². The van der Waals surface area contributed by atoms with Crippen molar-refractivity contribution in [2.45, 2.75) is 26.2 Å². The number of nitrogens with zero attached hydrogens (tertiary/aromatic N) is 2. The monoisotopic (exact) mass is 466 g/mol. The molecule has 0 bridgehead atoms. The van der Waals surface area contributed by atoms with E-state index in [1.54, 1.807) is 12.4 Å². The third-order valence-corrected chi connectivity index (χ3v) is 6.72. The first-order valence-electron chi connectivity index (χ1n) is 11.6. The lowest BCUT2D eigenvalue weighted by Gasteiger charge is -2.14. The molecule has 0 saturated heterocycles. The summed E-state index contributed by atoms with van der Waals surface area (Å²) in [6.07, 6.45) is 10.2. The second kappa shape index (κ2) is 7.91. The molecule has 7 heteroatoms. The number of aromatic amines is 2. The van der Waals surface area contributed by atoms with E-state index in [1.807, 2.05) is 38.1 Å². The zero-order valence-electron chi connectivity index (χ0n) is 19.3. The van der Waals surface area contributed by atoms with Crippen LogP contribution in [0.3, 0.4) is 0 Å². The van der Waals surface area contributed by atoms with Crippen molar-refractivity contribution in [1.29, 1.82) is 0 Å². The molecular weight excluding hydrogens is 443 g/mol. The maximum absolute atomic E-state index is 14.6. The van der Waals surface area contributed by atoms with Crippen molar-refractivity contribution in [2.24, 2.45) is 4.99 Å². The Balaban J connectivity index is 1.63. The molecule has 2 aliphatic rings. The van der Waals surface area contributed by atoms with Crippen molar-refractivity contribution >= 4 is 28.7 Å². The molecule has 0 radical (unpaired) electrons. The number of hydrogen-bond acceptors (Lipinski definition) is 3. The number of fused-ring (bicyclic) bond motifs is 2. The number of aromatic nitrogens is 3. The fourth-order valence-electron chi connectivity index (χ4n) is 5.27. The van der Waals surface area contributed by atoms with Crippen LogP contribution in [0.25, 0.3) is 39.4 Å². The standard InChI is InChI=1S/C28H23FN4O2/c1-14(2)24-25(18-6-9-31-22-11-15(10-19(18)22)21-4-3-7-30-21)27(28(34)35)33-26(24)20-12-16(29)13-23-17(20)5-8-32-23/h3-6,8-10,12-14,32-33H,7,11H2,1-2H3,(H,34,35). The van der Waals surface area contributed by atoms with Crippen LogP contribution in [0.5, 0.6) is 0 Å². The van der Waals surface area contributed by atoms with Crippen molar-refractivity contribution in [3.8, 4) is 22.4 Å². The van der Waals surface area contributed by atoms with Crippen LogP contribution < -0.4 is 0 Å². The smallest absolute Gasteiger partial charge is 0.352 e. The Morgan fingerprint density at radius 2 is 2.06 bits per heavy atom. The van der Waals surface area contributed by atoms with Crippen LogP contribution in [0.2, 0.25) is 0 Å². The van der Waals surface area contributed by atoms with Crippen LogP contribution in [0.15, 0.2) is 59.4 Å². The number of nitrogens with one attached hydrogen (secondary N) is 2. The lowest BCUT2D eigenvalue weighted by atomic mass is 9.88. The predicted octanol–water partition coefficient (Wildman–Crippen LogP) is 6.14. The third kappa shape index (κ3) is 3.34. The third-order valence-electron chi connectivity index (χ3n) is 6.72. The summed E-state index contributed by atoms with van der Waals surface area (Å²) < 4.78 is 14.6. The first kappa shape index (κ1) is 21.3. The van der Waals surface area contributed by atoms with Gasteiger partial charge in [-0.2, -0.15) is 0 Å². The van der Waals surface area contributed by atoms with Gasteiger partial charge >= 0.3 is 5.97 Å². The number of aromatic carboxylic acids is 1. The van der Waals surface area contributed by atoms with E-state index in [1.165, 1.54) is 12.1 Å². The lowest BCUT2D eigenvalue weighted by Crippen LogP contribution is -2.02. The number of hydrogen-bond donors (Lipinski definition) is 3. The zero-order chi connectivity index (χ0) is 24.3. The number of carboxylic acids is 1. The molecule has 3 aromatic heterocycles. The Labute approximate surface area is 201 Å². The summed E-state index contributed by atoms with van der Waals surface area (Å²) in [5.74, 6) is -1.48. The molecule has 0 fully saturated rings. The molecule has 6 rings (SSSR count). The van der Waals surface area contributed by atoms with Gasteiger partial charge in [-0.25, -0.2) is 9.18 Å². The molecule has 3 N–H and O–H groups in total. The highest BCUT2D eigenvalue weighted by Gasteiger charge is 2.30. The number of halogens is 1. The van der Waals surface area contributed by atoms with E-state index in [9.17, 15) is 14.3 Å². The molecule has 0 unspecified atom stereocenters. The van der Waals surface area contributed by atoms with Crippen molar-refractivity contribution in [1.82, 2.24) is 15.0 Å². The molecule has 6 nitrogen and oxygen atoms in total. The van der Waals surface area contributed by atoms with E-state index in [-0.39, 0.29) is 17.4 Å². The SMILES string of the molecule is CC(C)c1c(-c2cc(F)cc3[nH]ccc23)[nH]c(C(=O)O)c1-c1ccnc2c1C=C(C1=NCC=C1)C2. The Morgan fingerprint density at radius 1 is 1.20 bits per heavy atom. The molecule has 4 heterocycles. The fraction of sp³-hybridized carbons (Fsp3) is 0.179. The number of allylic oxidation sites excluding steroid dienone is 2. The highest BCUT2D eigenvalue weighted by atomic mass is 19.1. The largest absolute Gasteiger partial charge is 0.477 e. The molecule has 0 saturated carbocycles. The van der Waals surface area contributed by atoms with Gasteiger partial charge in [0.15, 0.2) is 0 Å². The summed E-state index contributed by atoms with van der Waals surface area (Å²) >= 11 is 0. The minimum atomic E-state index is -1.06. The first-order valence-corrected chi connectivity index (χ1v) is 11.6. The van der Waals surface area contributed by atoms with Crippen molar-refractivity contribution in [3.05, 3.63) is 82.7 Å². The predicted molar refractivity (Wildman–Crippen MR) is 135 cm³/mol. The number of benzene rings is 1. The molecule has 1 aliphatic carbocycles. The molecule has 0 amide bonds. The summed E-state index contributed by atoms with van der Waals surface area (Å²) in [7, 11) is 0. The van der Waals surface area contributed by atoms with Gasteiger partial charge < -0.3 is 15.1 Å². The van der Waals surface area contributed by atoms with Gasteiger partial charge in [-0.15, -0.1) is 0 Å². The van der Waals surface area contributed by atoms with E-state index < -0.39 is 5.97 Å². The van der Waals surface area contributed by atoms with Gasteiger partial charge in [-0.05, 0) is 59.0 Å². The maximum Gasteiger partial charge on any atom is 0.352 e. The second-order valence-corrected chi connectivity index (χ2v) is 9.21. The van der Waals surface area contributed by atoms with Gasteiger partial charge in [0.2, 0.25) is 0 Å². The van der Waals surface area contributed by atoms with E-state index in [2.05, 4.69) is 26.0 Å². The summed E-state index contributed by atoms with van der Waals surface area (Å²) in [4.78, 5) is 27.8. The summed E-state index contributed by atoms with van der Waals surface area (Å²) in [5.41, 5.74) is 8.08. The minimum absolute atomic E-state index is 0.0302. The maximum atomic E-state index is 14.6. The van der Waals surface area contributed by atoms with Crippen LogP contribution in [0.1, 0.15) is 47.1 Å². The Morgan fingerprint density at radius 3 is 2.80 bits per heavy atom. The zero-order valence-corrected chi connectivity index (χ0v) is 19.3. The van der Waals surface area contributed by atoms with Crippen molar-refractivity contribution < 1.29 is 14.3 Å². The van der Waals surface area contributed by atoms with Gasteiger partial charge in [0, 0.05) is 46.4 Å². The molecule has 35 heavy (non-hydrogen) atoms.